The van der Waals surface area contributed by atoms with Gasteiger partial charge in [0.05, 0.1) is 6.61 Å². The molecule has 3 heteroatoms. The van der Waals surface area contributed by atoms with E-state index >= 15 is 0 Å². The van der Waals surface area contributed by atoms with E-state index in [2.05, 4.69) is 46.8 Å². The van der Waals surface area contributed by atoms with Crippen LogP contribution in [-0.4, -0.2) is 17.7 Å². The number of benzene rings is 1. The Hall–Kier alpha value is -0.540. The van der Waals surface area contributed by atoms with Crippen molar-refractivity contribution in [2.75, 3.05) is 11.4 Å². The second-order valence-electron chi connectivity index (χ2n) is 6.25. The van der Waals surface area contributed by atoms with Crippen molar-refractivity contribution in [2.24, 2.45) is 5.92 Å². The SMILES string of the molecule is CC(C)CCN(c1ccc(CO)c(Br)c1)C1CCCC1. The lowest BCUT2D eigenvalue weighted by Crippen LogP contribution is -2.34. The fraction of sp³-hybridized carbons (Fsp3) is 0.647. The Labute approximate surface area is 131 Å². The molecule has 0 saturated heterocycles. The molecule has 20 heavy (non-hydrogen) atoms. The second kappa shape index (κ2) is 7.46. The minimum atomic E-state index is 0.0935. The van der Waals surface area contributed by atoms with Gasteiger partial charge in [0.2, 0.25) is 0 Å². The van der Waals surface area contributed by atoms with E-state index in [1.54, 1.807) is 0 Å². The second-order valence-corrected chi connectivity index (χ2v) is 7.10. The Morgan fingerprint density at radius 3 is 2.55 bits per heavy atom. The molecule has 0 amide bonds. The lowest BCUT2D eigenvalue weighted by Gasteiger charge is -2.32. The molecule has 0 aliphatic heterocycles. The third-order valence-corrected chi connectivity index (χ3v) is 4.99. The molecule has 0 aromatic heterocycles. The first-order valence-corrected chi connectivity index (χ1v) is 8.57. The van der Waals surface area contributed by atoms with Crippen LogP contribution in [0.1, 0.15) is 51.5 Å². The summed E-state index contributed by atoms with van der Waals surface area (Å²) in [7, 11) is 0. The molecule has 1 aromatic rings. The number of rotatable bonds is 6. The van der Waals surface area contributed by atoms with Gasteiger partial charge in [-0.05, 0) is 42.9 Å². The first-order valence-electron chi connectivity index (χ1n) is 7.77. The molecule has 2 rings (SSSR count). The molecule has 0 heterocycles. The van der Waals surface area contributed by atoms with E-state index in [1.807, 2.05) is 6.07 Å². The van der Waals surface area contributed by atoms with E-state index in [0.717, 1.165) is 22.5 Å². The van der Waals surface area contributed by atoms with Crippen LogP contribution in [0, 0.1) is 5.92 Å². The van der Waals surface area contributed by atoms with Gasteiger partial charge in [0.15, 0.2) is 0 Å². The van der Waals surface area contributed by atoms with Crippen molar-refractivity contribution in [3.05, 3.63) is 28.2 Å². The minimum Gasteiger partial charge on any atom is -0.392 e. The molecule has 0 radical (unpaired) electrons. The molecule has 1 aromatic carbocycles. The molecular weight excluding hydrogens is 314 g/mol. The number of hydrogen-bond acceptors (Lipinski definition) is 2. The van der Waals surface area contributed by atoms with E-state index in [9.17, 15) is 5.11 Å². The molecule has 1 N–H and O–H groups in total. The van der Waals surface area contributed by atoms with Crippen molar-refractivity contribution in [3.8, 4) is 0 Å². The Bertz CT molecular complexity index is 427. The van der Waals surface area contributed by atoms with Crippen LogP contribution in [0.4, 0.5) is 5.69 Å². The maximum Gasteiger partial charge on any atom is 0.0692 e. The van der Waals surface area contributed by atoms with Crippen LogP contribution in [0.3, 0.4) is 0 Å². The van der Waals surface area contributed by atoms with Gasteiger partial charge in [0.25, 0.3) is 0 Å². The number of aliphatic hydroxyl groups is 1. The number of halogens is 1. The Balaban J connectivity index is 2.18. The van der Waals surface area contributed by atoms with Gasteiger partial charge in [-0.15, -0.1) is 0 Å². The van der Waals surface area contributed by atoms with Crippen molar-refractivity contribution >= 4 is 21.6 Å². The topological polar surface area (TPSA) is 23.5 Å². The number of nitrogens with zero attached hydrogens (tertiary/aromatic N) is 1. The average molecular weight is 340 g/mol. The molecular formula is C17H26BrNO. The van der Waals surface area contributed by atoms with Gasteiger partial charge in [0, 0.05) is 22.7 Å². The summed E-state index contributed by atoms with van der Waals surface area (Å²) in [6.07, 6.45) is 6.59. The van der Waals surface area contributed by atoms with E-state index in [0.29, 0.717) is 6.04 Å². The number of hydrogen-bond donors (Lipinski definition) is 1. The molecule has 0 bridgehead atoms. The third-order valence-electron chi connectivity index (χ3n) is 4.25. The Morgan fingerprint density at radius 1 is 1.30 bits per heavy atom. The molecule has 1 aliphatic carbocycles. The smallest absolute Gasteiger partial charge is 0.0692 e. The summed E-state index contributed by atoms with van der Waals surface area (Å²) in [5, 5.41) is 9.29. The van der Waals surface area contributed by atoms with Crippen LogP contribution in [-0.2, 0) is 6.61 Å². The summed E-state index contributed by atoms with van der Waals surface area (Å²) in [5.74, 6) is 0.735. The number of aliphatic hydroxyl groups excluding tert-OH is 1. The quantitative estimate of drug-likeness (QED) is 0.809. The first kappa shape index (κ1) is 15.8. The van der Waals surface area contributed by atoms with E-state index in [1.165, 1.54) is 37.8 Å². The van der Waals surface area contributed by atoms with Crippen molar-refractivity contribution in [1.29, 1.82) is 0 Å². The van der Waals surface area contributed by atoms with Crippen LogP contribution >= 0.6 is 15.9 Å². The van der Waals surface area contributed by atoms with Crippen molar-refractivity contribution in [1.82, 2.24) is 0 Å². The Morgan fingerprint density at radius 2 is 2.00 bits per heavy atom. The van der Waals surface area contributed by atoms with E-state index in [4.69, 9.17) is 0 Å². The molecule has 0 atom stereocenters. The fourth-order valence-electron chi connectivity index (χ4n) is 2.98. The van der Waals surface area contributed by atoms with Gasteiger partial charge in [-0.3, -0.25) is 0 Å². The summed E-state index contributed by atoms with van der Waals surface area (Å²) < 4.78 is 1.02. The molecule has 1 saturated carbocycles. The highest BCUT2D eigenvalue weighted by Gasteiger charge is 2.23. The normalized spacial score (nSPS) is 16.1. The predicted octanol–water partition coefficient (Wildman–Crippen LogP) is 4.74. The highest BCUT2D eigenvalue weighted by Crippen LogP contribution is 2.31. The summed E-state index contributed by atoms with van der Waals surface area (Å²) in [5.41, 5.74) is 2.26. The zero-order valence-corrected chi connectivity index (χ0v) is 14.2. The van der Waals surface area contributed by atoms with Gasteiger partial charge in [-0.25, -0.2) is 0 Å². The molecule has 0 spiro atoms. The zero-order chi connectivity index (χ0) is 14.5. The standard InChI is InChI=1S/C17H26BrNO/c1-13(2)9-10-19(15-5-3-4-6-15)16-8-7-14(12-20)17(18)11-16/h7-8,11,13,15,20H,3-6,9-10,12H2,1-2H3. The van der Waals surface area contributed by atoms with Gasteiger partial charge in [-0.1, -0.05) is 48.7 Å². The van der Waals surface area contributed by atoms with Crippen molar-refractivity contribution in [2.45, 2.75) is 58.6 Å². The molecule has 2 nitrogen and oxygen atoms in total. The lowest BCUT2D eigenvalue weighted by atomic mass is 10.1. The number of anilines is 1. The Kier molecular flexibility index (Phi) is 5.91. The van der Waals surface area contributed by atoms with Crippen molar-refractivity contribution < 1.29 is 5.11 Å². The van der Waals surface area contributed by atoms with E-state index < -0.39 is 0 Å². The largest absolute Gasteiger partial charge is 0.392 e. The summed E-state index contributed by atoms with van der Waals surface area (Å²) >= 11 is 3.58. The van der Waals surface area contributed by atoms with Crippen LogP contribution in [0.25, 0.3) is 0 Å². The molecule has 0 unspecified atom stereocenters. The first-order chi connectivity index (χ1) is 9.61. The zero-order valence-electron chi connectivity index (χ0n) is 12.6. The summed E-state index contributed by atoms with van der Waals surface area (Å²) in [4.78, 5) is 2.58. The lowest BCUT2D eigenvalue weighted by molar-refractivity contribution is 0.281. The van der Waals surface area contributed by atoms with Crippen LogP contribution < -0.4 is 4.90 Å². The third kappa shape index (κ3) is 3.98. The van der Waals surface area contributed by atoms with Crippen molar-refractivity contribution in [3.63, 3.8) is 0 Å². The van der Waals surface area contributed by atoms with Gasteiger partial charge < -0.3 is 10.0 Å². The average Bonchev–Trinajstić information content (AvgIpc) is 2.93. The minimum absolute atomic E-state index is 0.0935. The van der Waals surface area contributed by atoms with Gasteiger partial charge in [0.1, 0.15) is 0 Å². The maximum absolute atomic E-state index is 9.29. The maximum atomic E-state index is 9.29. The van der Waals surface area contributed by atoms with E-state index in [-0.39, 0.29) is 6.61 Å². The van der Waals surface area contributed by atoms with Crippen LogP contribution in [0.5, 0.6) is 0 Å². The fourth-order valence-corrected chi connectivity index (χ4v) is 3.47. The monoisotopic (exact) mass is 339 g/mol. The van der Waals surface area contributed by atoms with Gasteiger partial charge >= 0.3 is 0 Å². The molecule has 1 aliphatic rings. The predicted molar refractivity (Wildman–Crippen MR) is 89.1 cm³/mol. The highest BCUT2D eigenvalue weighted by molar-refractivity contribution is 9.10. The molecule has 112 valence electrons. The molecule has 1 fully saturated rings. The summed E-state index contributed by atoms with van der Waals surface area (Å²) in [6.45, 7) is 5.80. The highest BCUT2D eigenvalue weighted by atomic mass is 79.9. The summed E-state index contributed by atoms with van der Waals surface area (Å²) in [6, 6.07) is 7.07. The van der Waals surface area contributed by atoms with Crippen LogP contribution in [0.2, 0.25) is 0 Å². The van der Waals surface area contributed by atoms with Crippen LogP contribution in [0.15, 0.2) is 22.7 Å². The van der Waals surface area contributed by atoms with Gasteiger partial charge in [-0.2, -0.15) is 0 Å².